The Morgan fingerprint density at radius 1 is 0.864 bits per heavy atom. The van der Waals surface area contributed by atoms with E-state index in [-0.39, 0.29) is 0 Å². The molecule has 0 atom stereocenters. The molecule has 0 amide bonds. The van der Waals surface area contributed by atoms with Gasteiger partial charge in [0.1, 0.15) is 0 Å². The number of pyridine rings is 1. The van der Waals surface area contributed by atoms with Crippen LogP contribution in [0, 0.1) is 0 Å². The zero-order valence-corrected chi connectivity index (χ0v) is 12.5. The molecule has 2 aromatic carbocycles. The third-order valence-corrected chi connectivity index (χ3v) is 4.25. The van der Waals surface area contributed by atoms with Gasteiger partial charge in [-0.25, -0.2) is 0 Å². The molecule has 22 heavy (non-hydrogen) atoms. The first-order chi connectivity index (χ1) is 10.9. The highest BCUT2D eigenvalue weighted by atomic mass is 15.2. The van der Waals surface area contributed by atoms with Gasteiger partial charge in [0, 0.05) is 49.0 Å². The minimum atomic E-state index is 1.05. The quantitative estimate of drug-likeness (QED) is 0.784. The van der Waals surface area contributed by atoms with Crippen molar-refractivity contribution in [3.05, 3.63) is 60.8 Å². The Hall–Kier alpha value is -2.39. The highest BCUT2D eigenvalue weighted by molar-refractivity contribution is 5.86. The molecular weight excluding hydrogens is 270 g/mol. The molecule has 1 N–H and O–H groups in total. The molecule has 3 aromatic rings. The van der Waals surface area contributed by atoms with Crippen LogP contribution in [0.5, 0.6) is 0 Å². The monoisotopic (exact) mass is 289 g/mol. The molecule has 3 nitrogen and oxygen atoms in total. The van der Waals surface area contributed by atoms with Crippen molar-refractivity contribution in [2.24, 2.45) is 0 Å². The van der Waals surface area contributed by atoms with Gasteiger partial charge >= 0.3 is 0 Å². The highest BCUT2D eigenvalue weighted by Gasteiger charge is 2.11. The van der Waals surface area contributed by atoms with Gasteiger partial charge in [0.15, 0.2) is 0 Å². The van der Waals surface area contributed by atoms with Crippen molar-refractivity contribution < 1.29 is 0 Å². The maximum atomic E-state index is 4.61. The van der Waals surface area contributed by atoms with E-state index in [4.69, 9.17) is 0 Å². The summed E-state index contributed by atoms with van der Waals surface area (Å²) in [5, 5.41) is 4.60. The SMILES string of the molecule is c1ccc(-c2cnc3ccc(N4CCNCC4)cc3c2)cc1. The fourth-order valence-corrected chi connectivity index (χ4v) is 3.03. The van der Waals surface area contributed by atoms with Crippen LogP contribution in [-0.4, -0.2) is 31.2 Å². The van der Waals surface area contributed by atoms with Gasteiger partial charge in [-0.3, -0.25) is 4.98 Å². The van der Waals surface area contributed by atoms with Gasteiger partial charge in [-0.1, -0.05) is 30.3 Å². The van der Waals surface area contributed by atoms with Crippen molar-refractivity contribution in [1.29, 1.82) is 0 Å². The maximum Gasteiger partial charge on any atom is 0.0703 e. The van der Waals surface area contributed by atoms with Crippen molar-refractivity contribution >= 4 is 16.6 Å². The smallest absolute Gasteiger partial charge is 0.0703 e. The number of nitrogens with zero attached hydrogens (tertiary/aromatic N) is 2. The predicted octanol–water partition coefficient (Wildman–Crippen LogP) is 3.31. The lowest BCUT2D eigenvalue weighted by Gasteiger charge is -2.29. The van der Waals surface area contributed by atoms with Crippen LogP contribution in [0.25, 0.3) is 22.0 Å². The summed E-state index contributed by atoms with van der Waals surface area (Å²) in [6.07, 6.45) is 1.96. The average molecular weight is 289 g/mol. The maximum absolute atomic E-state index is 4.61. The molecule has 2 heterocycles. The number of piperazine rings is 1. The zero-order valence-electron chi connectivity index (χ0n) is 12.5. The molecule has 1 fully saturated rings. The third-order valence-electron chi connectivity index (χ3n) is 4.25. The van der Waals surface area contributed by atoms with Crippen molar-refractivity contribution in [3.8, 4) is 11.1 Å². The van der Waals surface area contributed by atoms with Crippen LogP contribution in [-0.2, 0) is 0 Å². The van der Waals surface area contributed by atoms with Crippen molar-refractivity contribution in [2.75, 3.05) is 31.1 Å². The Bertz CT molecular complexity index is 777. The number of nitrogens with one attached hydrogen (secondary N) is 1. The number of hydrogen-bond donors (Lipinski definition) is 1. The van der Waals surface area contributed by atoms with Crippen LogP contribution in [0.1, 0.15) is 0 Å². The van der Waals surface area contributed by atoms with E-state index in [0.717, 1.165) is 31.7 Å². The first-order valence-electron chi connectivity index (χ1n) is 7.81. The second-order valence-electron chi connectivity index (χ2n) is 5.70. The number of hydrogen-bond acceptors (Lipinski definition) is 3. The minimum Gasteiger partial charge on any atom is -0.369 e. The van der Waals surface area contributed by atoms with Crippen molar-refractivity contribution in [2.45, 2.75) is 0 Å². The second kappa shape index (κ2) is 5.78. The summed E-state index contributed by atoms with van der Waals surface area (Å²) in [6, 6.07) is 19.2. The van der Waals surface area contributed by atoms with Crippen LogP contribution in [0.15, 0.2) is 60.8 Å². The molecule has 1 saturated heterocycles. The second-order valence-corrected chi connectivity index (χ2v) is 5.70. The molecule has 110 valence electrons. The van der Waals surface area contributed by atoms with E-state index in [1.165, 1.54) is 22.2 Å². The molecular formula is C19H19N3. The van der Waals surface area contributed by atoms with Gasteiger partial charge in [0.25, 0.3) is 0 Å². The van der Waals surface area contributed by atoms with Crippen LogP contribution in [0.2, 0.25) is 0 Å². The Morgan fingerprint density at radius 3 is 2.50 bits per heavy atom. The highest BCUT2D eigenvalue weighted by Crippen LogP contribution is 2.26. The normalized spacial score (nSPS) is 15.2. The number of rotatable bonds is 2. The lowest BCUT2D eigenvalue weighted by Crippen LogP contribution is -2.43. The van der Waals surface area contributed by atoms with Gasteiger partial charge in [-0.2, -0.15) is 0 Å². The predicted molar refractivity (Wildman–Crippen MR) is 92.3 cm³/mol. The van der Waals surface area contributed by atoms with E-state index in [0.29, 0.717) is 0 Å². The van der Waals surface area contributed by atoms with Gasteiger partial charge in [0.2, 0.25) is 0 Å². The number of aromatic nitrogens is 1. The summed E-state index contributed by atoms with van der Waals surface area (Å²) in [5.41, 5.74) is 4.73. The van der Waals surface area contributed by atoms with E-state index >= 15 is 0 Å². The average Bonchev–Trinajstić information content (AvgIpc) is 2.62. The van der Waals surface area contributed by atoms with E-state index < -0.39 is 0 Å². The number of anilines is 1. The largest absolute Gasteiger partial charge is 0.369 e. The molecule has 0 aliphatic carbocycles. The number of benzene rings is 2. The van der Waals surface area contributed by atoms with Crippen molar-refractivity contribution in [3.63, 3.8) is 0 Å². The number of fused-ring (bicyclic) bond motifs is 1. The molecule has 4 rings (SSSR count). The molecule has 1 aliphatic rings. The standard InChI is InChI=1S/C19H19N3/c1-2-4-15(5-3-1)17-12-16-13-18(6-7-19(16)21-14-17)22-10-8-20-9-11-22/h1-7,12-14,20H,8-11H2. The van der Waals surface area contributed by atoms with E-state index in [2.05, 4.69) is 63.7 Å². The molecule has 3 heteroatoms. The Balaban J connectivity index is 1.74. The fraction of sp³-hybridized carbons (Fsp3) is 0.211. The lowest BCUT2D eigenvalue weighted by atomic mass is 10.1. The third kappa shape index (κ3) is 2.55. The van der Waals surface area contributed by atoms with Gasteiger partial charge < -0.3 is 10.2 Å². The zero-order chi connectivity index (χ0) is 14.8. The van der Waals surface area contributed by atoms with E-state index in [9.17, 15) is 0 Å². The first-order valence-corrected chi connectivity index (χ1v) is 7.81. The molecule has 0 radical (unpaired) electrons. The van der Waals surface area contributed by atoms with Crippen LogP contribution >= 0.6 is 0 Å². The van der Waals surface area contributed by atoms with Crippen LogP contribution < -0.4 is 10.2 Å². The Labute approximate surface area is 130 Å². The van der Waals surface area contributed by atoms with E-state index in [1.807, 2.05) is 12.3 Å². The Morgan fingerprint density at radius 2 is 1.68 bits per heavy atom. The molecule has 0 bridgehead atoms. The van der Waals surface area contributed by atoms with Gasteiger partial charge in [-0.05, 0) is 29.8 Å². The minimum absolute atomic E-state index is 1.05. The van der Waals surface area contributed by atoms with Gasteiger partial charge in [0.05, 0.1) is 5.52 Å². The van der Waals surface area contributed by atoms with Crippen LogP contribution in [0.4, 0.5) is 5.69 Å². The molecule has 0 unspecified atom stereocenters. The molecule has 0 saturated carbocycles. The summed E-state index contributed by atoms with van der Waals surface area (Å²) >= 11 is 0. The van der Waals surface area contributed by atoms with Gasteiger partial charge in [-0.15, -0.1) is 0 Å². The summed E-state index contributed by atoms with van der Waals surface area (Å²) in [4.78, 5) is 7.05. The Kier molecular flexibility index (Phi) is 3.49. The molecule has 1 aromatic heterocycles. The lowest BCUT2D eigenvalue weighted by molar-refractivity contribution is 0.589. The van der Waals surface area contributed by atoms with E-state index in [1.54, 1.807) is 0 Å². The van der Waals surface area contributed by atoms with Crippen molar-refractivity contribution in [1.82, 2.24) is 10.3 Å². The topological polar surface area (TPSA) is 28.2 Å². The van der Waals surface area contributed by atoms with Crippen LogP contribution in [0.3, 0.4) is 0 Å². The summed E-state index contributed by atoms with van der Waals surface area (Å²) in [6.45, 7) is 4.25. The molecule has 0 spiro atoms. The molecule has 1 aliphatic heterocycles. The fourth-order valence-electron chi connectivity index (χ4n) is 3.03. The first kappa shape index (κ1) is 13.3. The summed E-state index contributed by atoms with van der Waals surface area (Å²) in [5.74, 6) is 0. The summed E-state index contributed by atoms with van der Waals surface area (Å²) in [7, 11) is 0. The summed E-state index contributed by atoms with van der Waals surface area (Å²) < 4.78 is 0.